The molecule has 0 rings (SSSR count). The zero-order valence-electron chi connectivity index (χ0n) is 12.5. The normalized spacial score (nSPS) is 14.5. The molecule has 102 valence electrons. The summed E-state index contributed by atoms with van der Waals surface area (Å²) in [5.74, 6) is 0.716. The van der Waals surface area contributed by atoms with Crippen LogP contribution in [-0.4, -0.2) is 24.0 Å². The number of carbonyl (C=O) groups excluding carboxylic acids is 1. The highest BCUT2D eigenvalue weighted by Gasteiger charge is 2.27. The predicted molar refractivity (Wildman–Crippen MR) is 78.5 cm³/mol. The number of nitrogens with one attached hydrogen (secondary N) is 1. The molecule has 0 aromatic heterocycles. The van der Waals surface area contributed by atoms with E-state index in [1.807, 2.05) is 6.26 Å². The Morgan fingerprint density at radius 2 is 1.71 bits per heavy atom. The van der Waals surface area contributed by atoms with E-state index >= 15 is 0 Å². The van der Waals surface area contributed by atoms with E-state index in [1.165, 1.54) is 0 Å². The molecule has 1 N–H and O–H groups in total. The Kier molecular flexibility index (Phi) is 6.60. The number of hydrogen-bond acceptors (Lipinski definition) is 2. The standard InChI is InChI=1S/C14H29NOS/c1-13(2,3)9-8-11(14(4,5)6)15-12(16)10-17-7/h11H,8-10H2,1-7H3,(H,15,16). The van der Waals surface area contributed by atoms with Crippen LogP contribution in [0.2, 0.25) is 0 Å². The molecule has 0 aromatic carbocycles. The number of thioether (sulfide) groups is 1. The van der Waals surface area contributed by atoms with E-state index in [-0.39, 0.29) is 17.4 Å². The van der Waals surface area contributed by atoms with E-state index in [2.05, 4.69) is 46.9 Å². The van der Waals surface area contributed by atoms with Crippen LogP contribution >= 0.6 is 11.8 Å². The molecule has 0 aliphatic rings. The lowest BCUT2D eigenvalue weighted by atomic mass is 9.80. The molecule has 0 aromatic rings. The van der Waals surface area contributed by atoms with Crippen molar-refractivity contribution >= 4 is 17.7 Å². The summed E-state index contributed by atoms with van der Waals surface area (Å²) in [6, 6.07) is 0.265. The summed E-state index contributed by atoms with van der Waals surface area (Å²) in [6.45, 7) is 13.3. The second kappa shape index (κ2) is 6.67. The van der Waals surface area contributed by atoms with Crippen LogP contribution in [0.3, 0.4) is 0 Å². The van der Waals surface area contributed by atoms with Crippen LogP contribution in [0.15, 0.2) is 0 Å². The highest BCUT2D eigenvalue weighted by Crippen LogP contribution is 2.28. The SMILES string of the molecule is CSCC(=O)NC(CCC(C)(C)C)C(C)(C)C. The molecular formula is C14H29NOS. The van der Waals surface area contributed by atoms with Crippen LogP contribution in [0.5, 0.6) is 0 Å². The molecule has 1 unspecified atom stereocenters. The highest BCUT2D eigenvalue weighted by molar-refractivity contribution is 7.99. The van der Waals surface area contributed by atoms with Crippen LogP contribution in [-0.2, 0) is 4.79 Å². The van der Waals surface area contributed by atoms with Gasteiger partial charge in [0.15, 0.2) is 0 Å². The van der Waals surface area contributed by atoms with Crippen molar-refractivity contribution in [3.8, 4) is 0 Å². The second-order valence-electron chi connectivity index (χ2n) is 7.02. The first kappa shape index (κ1) is 16.8. The maximum atomic E-state index is 11.7. The minimum atomic E-state index is 0.124. The average molecular weight is 259 g/mol. The lowest BCUT2D eigenvalue weighted by molar-refractivity contribution is -0.120. The summed E-state index contributed by atoms with van der Waals surface area (Å²) in [7, 11) is 0. The summed E-state index contributed by atoms with van der Waals surface area (Å²) >= 11 is 1.57. The van der Waals surface area contributed by atoms with Gasteiger partial charge in [0.1, 0.15) is 0 Å². The van der Waals surface area contributed by atoms with Gasteiger partial charge in [-0.2, -0.15) is 11.8 Å². The molecule has 0 saturated heterocycles. The van der Waals surface area contributed by atoms with Crippen molar-refractivity contribution in [3.05, 3.63) is 0 Å². The van der Waals surface area contributed by atoms with Crippen molar-refractivity contribution in [3.63, 3.8) is 0 Å². The molecule has 0 spiro atoms. The number of amides is 1. The first-order chi connectivity index (χ1) is 7.56. The number of carbonyl (C=O) groups is 1. The van der Waals surface area contributed by atoms with Crippen LogP contribution < -0.4 is 5.32 Å². The first-order valence-electron chi connectivity index (χ1n) is 6.34. The van der Waals surface area contributed by atoms with Crippen LogP contribution in [0.4, 0.5) is 0 Å². The van der Waals surface area contributed by atoms with Crippen molar-refractivity contribution in [1.82, 2.24) is 5.32 Å². The molecule has 0 bridgehead atoms. The van der Waals surface area contributed by atoms with Gasteiger partial charge in [-0.15, -0.1) is 0 Å². The minimum absolute atomic E-state index is 0.124. The number of hydrogen-bond donors (Lipinski definition) is 1. The van der Waals surface area contributed by atoms with Gasteiger partial charge in [0, 0.05) is 6.04 Å². The first-order valence-corrected chi connectivity index (χ1v) is 7.74. The quantitative estimate of drug-likeness (QED) is 0.815. The van der Waals surface area contributed by atoms with Crippen molar-refractivity contribution in [2.75, 3.05) is 12.0 Å². The molecule has 2 nitrogen and oxygen atoms in total. The molecule has 3 heteroatoms. The van der Waals surface area contributed by atoms with Crippen molar-refractivity contribution < 1.29 is 4.79 Å². The van der Waals surface area contributed by atoms with Gasteiger partial charge in [-0.25, -0.2) is 0 Å². The van der Waals surface area contributed by atoms with E-state index in [9.17, 15) is 4.79 Å². The Balaban J connectivity index is 4.41. The van der Waals surface area contributed by atoms with Crippen LogP contribution in [0.25, 0.3) is 0 Å². The Morgan fingerprint density at radius 3 is 2.06 bits per heavy atom. The lowest BCUT2D eigenvalue weighted by Gasteiger charge is -2.33. The monoisotopic (exact) mass is 259 g/mol. The molecule has 0 fully saturated rings. The summed E-state index contributed by atoms with van der Waals surface area (Å²) < 4.78 is 0. The van der Waals surface area contributed by atoms with Crippen LogP contribution in [0.1, 0.15) is 54.4 Å². The van der Waals surface area contributed by atoms with Gasteiger partial charge in [0.2, 0.25) is 5.91 Å². The third-order valence-corrected chi connectivity index (χ3v) is 3.39. The average Bonchev–Trinajstić information content (AvgIpc) is 2.09. The van der Waals surface area contributed by atoms with Crippen molar-refractivity contribution in [1.29, 1.82) is 0 Å². The summed E-state index contributed by atoms with van der Waals surface area (Å²) in [4.78, 5) is 11.7. The summed E-state index contributed by atoms with van der Waals surface area (Å²) in [5, 5.41) is 3.17. The minimum Gasteiger partial charge on any atom is -0.352 e. The molecule has 0 radical (unpaired) electrons. The summed E-state index contributed by atoms with van der Waals surface area (Å²) in [6.07, 6.45) is 4.14. The largest absolute Gasteiger partial charge is 0.352 e. The Morgan fingerprint density at radius 1 is 1.18 bits per heavy atom. The molecule has 0 heterocycles. The van der Waals surface area contributed by atoms with Gasteiger partial charge < -0.3 is 5.32 Å². The van der Waals surface area contributed by atoms with Crippen molar-refractivity contribution in [2.24, 2.45) is 10.8 Å². The van der Waals surface area contributed by atoms with E-state index in [0.717, 1.165) is 12.8 Å². The fourth-order valence-corrected chi connectivity index (χ4v) is 2.01. The fraction of sp³-hybridized carbons (Fsp3) is 0.929. The van der Waals surface area contributed by atoms with E-state index in [0.29, 0.717) is 11.2 Å². The Hall–Kier alpha value is -0.180. The van der Waals surface area contributed by atoms with Crippen LogP contribution in [0, 0.1) is 10.8 Å². The van der Waals surface area contributed by atoms with Gasteiger partial charge in [0.05, 0.1) is 5.75 Å². The third-order valence-electron chi connectivity index (χ3n) is 2.84. The van der Waals surface area contributed by atoms with E-state index in [1.54, 1.807) is 11.8 Å². The molecule has 0 aliphatic heterocycles. The topological polar surface area (TPSA) is 29.1 Å². The third kappa shape index (κ3) is 8.53. The predicted octanol–water partition coefficient (Wildman–Crippen LogP) is 3.71. The Labute approximate surface area is 111 Å². The zero-order chi connectivity index (χ0) is 13.7. The van der Waals surface area contributed by atoms with Gasteiger partial charge in [-0.05, 0) is 29.9 Å². The van der Waals surface area contributed by atoms with E-state index < -0.39 is 0 Å². The Bertz CT molecular complexity index is 238. The zero-order valence-corrected chi connectivity index (χ0v) is 13.3. The van der Waals surface area contributed by atoms with Gasteiger partial charge in [-0.1, -0.05) is 41.5 Å². The van der Waals surface area contributed by atoms with Gasteiger partial charge >= 0.3 is 0 Å². The molecule has 1 amide bonds. The second-order valence-corrected chi connectivity index (χ2v) is 7.88. The molecule has 1 atom stereocenters. The van der Waals surface area contributed by atoms with Gasteiger partial charge in [0.25, 0.3) is 0 Å². The maximum Gasteiger partial charge on any atom is 0.230 e. The maximum absolute atomic E-state index is 11.7. The smallest absolute Gasteiger partial charge is 0.230 e. The van der Waals surface area contributed by atoms with Crippen molar-refractivity contribution in [2.45, 2.75) is 60.4 Å². The lowest BCUT2D eigenvalue weighted by Crippen LogP contribution is -2.44. The van der Waals surface area contributed by atoms with E-state index in [4.69, 9.17) is 0 Å². The molecular weight excluding hydrogens is 230 g/mol. The molecule has 0 saturated carbocycles. The summed E-state index contributed by atoms with van der Waals surface area (Å²) in [5.41, 5.74) is 0.451. The molecule has 17 heavy (non-hydrogen) atoms. The molecule has 0 aliphatic carbocycles. The van der Waals surface area contributed by atoms with Gasteiger partial charge in [-0.3, -0.25) is 4.79 Å². The fourth-order valence-electron chi connectivity index (χ4n) is 1.67. The number of rotatable bonds is 5. The highest BCUT2D eigenvalue weighted by atomic mass is 32.2.